The molecular weight excluding hydrogens is 478 g/mol. The van der Waals surface area contributed by atoms with Crippen LogP contribution in [0.1, 0.15) is 23.1 Å². The summed E-state index contributed by atoms with van der Waals surface area (Å²) >= 11 is 0. The molecule has 2 aromatic carbocycles. The van der Waals surface area contributed by atoms with Gasteiger partial charge in [0.1, 0.15) is 17.2 Å². The summed E-state index contributed by atoms with van der Waals surface area (Å²) in [5.41, 5.74) is 7.39. The third-order valence-electron chi connectivity index (χ3n) is 6.03. The van der Waals surface area contributed by atoms with E-state index in [1.165, 1.54) is 18.2 Å². The SMILES string of the molecule is CCc1nc(C(N)=O)c(Nc2ccc(N3CCN(C)CC3)c(OC)c2)nc1Oc1cccc([N+](=O)[O-])c1. The minimum atomic E-state index is -0.757. The smallest absolute Gasteiger partial charge is 0.273 e. The number of carbonyl (C=O) groups excluding carboxylic acids is 1. The molecule has 1 aliphatic heterocycles. The molecule has 0 spiro atoms. The van der Waals surface area contributed by atoms with Gasteiger partial charge in [-0.1, -0.05) is 13.0 Å². The molecule has 12 heteroatoms. The van der Waals surface area contributed by atoms with E-state index in [4.69, 9.17) is 15.2 Å². The fourth-order valence-electron chi connectivity index (χ4n) is 4.00. The fourth-order valence-corrected chi connectivity index (χ4v) is 4.00. The molecule has 0 saturated carbocycles. The highest BCUT2D eigenvalue weighted by Gasteiger charge is 2.21. The van der Waals surface area contributed by atoms with Crippen LogP contribution in [0.25, 0.3) is 0 Å². The molecule has 0 atom stereocenters. The van der Waals surface area contributed by atoms with Gasteiger partial charge in [0.05, 0.1) is 23.8 Å². The lowest BCUT2D eigenvalue weighted by Gasteiger charge is -2.34. The number of primary amides is 1. The quantitative estimate of drug-likeness (QED) is 0.326. The fraction of sp³-hybridized carbons (Fsp3) is 0.320. The van der Waals surface area contributed by atoms with Crippen LogP contribution in [0, 0.1) is 10.1 Å². The molecule has 0 bridgehead atoms. The van der Waals surface area contributed by atoms with Crippen molar-refractivity contribution in [3.8, 4) is 17.4 Å². The van der Waals surface area contributed by atoms with Crippen molar-refractivity contribution in [2.45, 2.75) is 13.3 Å². The summed E-state index contributed by atoms with van der Waals surface area (Å²) in [5.74, 6) is 0.333. The summed E-state index contributed by atoms with van der Waals surface area (Å²) in [6, 6.07) is 11.4. The monoisotopic (exact) mass is 507 g/mol. The lowest BCUT2D eigenvalue weighted by Crippen LogP contribution is -2.44. The number of amides is 1. The first-order valence-corrected chi connectivity index (χ1v) is 11.8. The number of ether oxygens (including phenoxy) is 2. The molecule has 1 amide bonds. The van der Waals surface area contributed by atoms with Crippen LogP contribution in [0.5, 0.6) is 17.4 Å². The minimum absolute atomic E-state index is 0.0506. The molecule has 4 rings (SSSR count). The van der Waals surface area contributed by atoms with Crippen molar-refractivity contribution in [2.75, 3.05) is 50.6 Å². The third-order valence-corrected chi connectivity index (χ3v) is 6.03. The highest BCUT2D eigenvalue weighted by molar-refractivity contribution is 5.96. The number of piperazine rings is 1. The molecule has 0 radical (unpaired) electrons. The molecule has 194 valence electrons. The maximum Gasteiger partial charge on any atom is 0.273 e. The second-order valence-electron chi connectivity index (χ2n) is 8.55. The maximum absolute atomic E-state index is 12.2. The van der Waals surface area contributed by atoms with E-state index >= 15 is 0 Å². The van der Waals surface area contributed by atoms with Crippen molar-refractivity contribution in [2.24, 2.45) is 5.73 Å². The number of methoxy groups -OCH3 is 1. The first kappa shape index (κ1) is 25.6. The number of non-ortho nitro benzene ring substituents is 1. The zero-order chi connectivity index (χ0) is 26.5. The third kappa shape index (κ3) is 5.86. The van der Waals surface area contributed by atoms with Crippen molar-refractivity contribution < 1.29 is 19.2 Å². The van der Waals surface area contributed by atoms with Crippen LogP contribution in [0.3, 0.4) is 0 Å². The van der Waals surface area contributed by atoms with E-state index in [2.05, 4.69) is 32.1 Å². The van der Waals surface area contributed by atoms with Crippen LogP contribution in [-0.4, -0.2) is 66.0 Å². The summed E-state index contributed by atoms with van der Waals surface area (Å²) in [4.78, 5) is 36.2. The van der Waals surface area contributed by atoms with Crippen molar-refractivity contribution >= 4 is 28.8 Å². The number of carbonyl (C=O) groups is 1. The number of nitrogens with one attached hydrogen (secondary N) is 1. The average molecular weight is 508 g/mol. The largest absolute Gasteiger partial charge is 0.495 e. The van der Waals surface area contributed by atoms with Crippen LogP contribution in [0.4, 0.5) is 22.9 Å². The first-order valence-electron chi connectivity index (χ1n) is 11.8. The normalized spacial score (nSPS) is 13.8. The predicted octanol–water partition coefficient (Wildman–Crippen LogP) is 3.34. The van der Waals surface area contributed by atoms with Crippen molar-refractivity contribution in [1.29, 1.82) is 0 Å². The Labute approximate surface area is 214 Å². The van der Waals surface area contributed by atoms with Gasteiger partial charge < -0.3 is 30.3 Å². The maximum atomic E-state index is 12.2. The van der Waals surface area contributed by atoms with Gasteiger partial charge in [-0.05, 0) is 31.7 Å². The average Bonchev–Trinajstić information content (AvgIpc) is 2.89. The first-order chi connectivity index (χ1) is 17.8. The Kier molecular flexibility index (Phi) is 7.68. The summed E-state index contributed by atoms with van der Waals surface area (Å²) < 4.78 is 11.5. The van der Waals surface area contributed by atoms with Gasteiger partial charge in [0.2, 0.25) is 5.88 Å². The van der Waals surface area contributed by atoms with Crippen LogP contribution < -0.4 is 25.4 Å². The molecule has 0 unspecified atom stereocenters. The number of aromatic nitrogens is 2. The highest BCUT2D eigenvalue weighted by Crippen LogP contribution is 2.34. The van der Waals surface area contributed by atoms with Gasteiger partial charge in [-0.15, -0.1) is 0 Å². The van der Waals surface area contributed by atoms with Crippen LogP contribution >= 0.6 is 0 Å². The second kappa shape index (κ2) is 11.1. The van der Waals surface area contributed by atoms with Gasteiger partial charge in [0.15, 0.2) is 11.5 Å². The number of rotatable bonds is 9. The minimum Gasteiger partial charge on any atom is -0.495 e. The van der Waals surface area contributed by atoms with E-state index in [1.807, 2.05) is 25.1 Å². The molecule has 1 saturated heterocycles. The summed E-state index contributed by atoms with van der Waals surface area (Å²) in [7, 11) is 3.70. The molecule has 1 aliphatic rings. The van der Waals surface area contributed by atoms with Gasteiger partial charge in [-0.25, -0.2) is 4.98 Å². The van der Waals surface area contributed by atoms with E-state index in [1.54, 1.807) is 13.2 Å². The number of benzene rings is 2. The molecule has 2 heterocycles. The molecule has 0 aliphatic carbocycles. The molecule has 1 aromatic heterocycles. The second-order valence-corrected chi connectivity index (χ2v) is 8.55. The van der Waals surface area contributed by atoms with Crippen molar-refractivity contribution in [3.63, 3.8) is 0 Å². The van der Waals surface area contributed by atoms with E-state index in [0.29, 0.717) is 23.6 Å². The Morgan fingerprint density at radius 1 is 1.16 bits per heavy atom. The Balaban J connectivity index is 1.66. The van der Waals surface area contributed by atoms with Crippen molar-refractivity contribution in [3.05, 3.63) is 64.0 Å². The number of hydrogen-bond acceptors (Lipinski definition) is 10. The van der Waals surface area contributed by atoms with Gasteiger partial charge in [0, 0.05) is 44.0 Å². The number of likely N-dealkylation sites (N-methyl/N-ethyl adjacent to an activating group) is 1. The van der Waals surface area contributed by atoms with Gasteiger partial charge in [-0.2, -0.15) is 4.98 Å². The van der Waals surface area contributed by atoms with Gasteiger partial charge >= 0.3 is 0 Å². The molecule has 3 aromatic rings. The Hall–Kier alpha value is -4.45. The van der Waals surface area contributed by atoms with Crippen LogP contribution in [-0.2, 0) is 6.42 Å². The lowest BCUT2D eigenvalue weighted by atomic mass is 10.2. The molecule has 3 N–H and O–H groups in total. The standard InChI is InChI=1S/C25H29N7O5/c1-4-19-25(37-18-7-5-6-17(15-18)32(34)35)29-24(22(28-19)23(26)33)27-16-8-9-20(21(14-16)36-3)31-12-10-30(2)11-13-31/h5-9,14-15H,4,10-13H2,1-3H3,(H2,26,33)(H,27,29). The number of aryl methyl sites for hydroxylation is 1. The van der Waals surface area contributed by atoms with Gasteiger partial charge in [0.25, 0.3) is 11.6 Å². The highest BCUT2D eigenvalue weighted by atomic mass is 16.6. The molecule has 1 fully saturated rings. The topological polar surface area (TPSA) is 149 Å². The number of nitro groups is 1. The van der Waals surface area contributed by atoms with Crippen LogP contribution in [0.2, 0.25) is 0 Å². The zero-order valence-electron chi connectivity index (χ0n) is 20.9. The molecular formula is C25H29N7O5. The number of nitro benzene ring substituents is 1. The number of nitrogens with zero attached hydrogens (tertiary/aromatic N) is 5. The predicted molar refractivity (Wildman–Crippen MR) is 139 cm³/mol. The van der Waals surface area contributed by atoms with E-state index < -0.39 is 10.8 Å². The number of anilines is 3. The summed E-state index contributed by atoms with van der Waals surface area (Å²) in [6.45, 7) is 5.50. The van der Waals surface area contributed by atoms with Crippen molar-refractivity contribution in [1.82, 2.24) is 14.9 Å². The van der Waals surface area contributed by atoms with E-state index in [-0.39, 0.29) is 28.8 Å². The molecule has 37 heavy (non-hydrogen) atoms. The van der Waals surface area contributed by atoms with E-state index in [9.17, 15) is 14.9 Å². The summed E-state index contributed by atoms with van der Waals surface area (Å²) in [6.07, 6.45) is 0.394. The number of hydrogen-bond donors (Lipinski definition) is 2. The lowest BCUT2D eigenvalue weighted by molar-refractivity contribution is -0.384. The Bertz CT molecular complexity index is 1310. The Morgan fingerprint density at radius 3 is 2.57 bits per heavy atom. The Morgan fingerprint density at radius 2 is 1.92 bits per heavy atom. The molecule has 12 nitrogen and oxygen atoms in total. The number of nitrogens with two attached hydrogens (primary N) is 1. The summed E-state index contributed by atoms with van der Waals surface area (Å²) in [5, 5.41) is 14.2. The van der Waals surface area contributed by atoms with Crippen LogP contribution in [0.15, 0.2) is 42.5 Å². The zero-order valence-corrected chi connectivity index (χ0v) is 20.9. The van der Waals surface area contributed by atoms with E-state index in [0.717, 1.165) is 31.9 Å². The van der Waals surface area contributed by atoms with Gasteiger partial charge in [-0.3, -0.25) is 14.9 Å².